The maximum absolute atomic E-state index is 11.4. The number of rotatable bonds is 2. The first-order valence-electron chi connectivity index (χ1n) is 5.41. The molecular formula is C11H12N4O3. The summed E-state index contributed by atoms with van der Waals surface area (Å²) in [5.41, 5.74) is 0.239. The van der Waals surface area contributed by atoms with Gasteiger partial charge in [0.05, 0.1) is 20.3 Å². The van der Waals surface area contributed by atoms with Crippen molar-refractivity contribution in [3.05, 3.63) is 18.1 Å². The van der Waals surface area contributed by atoms with Crippen molar-refractivity contribution in [2.75, 3.05) is 31.7 Å². The molecule has 0 aliphatic carbocycles. The lowest BCUT2D eigenvalue weighted by Gasteiger charge is -2.32. The number of morpholine rings is 1. The SMILES string of the molecule is COC(=O)C1CN(c2nccnc2C#N)CCO1. The zero-order chi connectivity index (χ0) is 13.0. The Labute approximate surface area is 104 Å². The Hall–Kier alpha value is -2.20. The standard InChI is InChI=1S/C11H12N4O3/c1-17-11(16)9-7-15(4-5-18-9)10-8(6-12)13-2-3-14-10/h2-3,9H,4-5,7H2,1H3. The molecule has 2 rings (SSSR count). The minimum Gasteiger partial charge on any atom is -0.467 e. The van der Waals surface area contributed by atoms with Crippen molar-refractivity contribution in [3.8, 4) is 6.07 Å². The fraction of sp³-hybridized carbons (Fsp3) is 0.455. The van der Waals surface area contributed by atoms with Gasteiger partial charge in [0.15, 0.2) is 17.6 Å². The van der Waals surface area contributed by atoms with E-state index in [1.807, 2.05) is 6.07 Å². The van der Waals surface area contributed by atoms with E-state index in [0.717, 1.165) is 0 Å². The van der Waals surface area contributed by atoms with Crippen molar-refractivity contribution in [3.63, 3.8) is 0 Å². The fourth-order valence-corrected chi connectivity index (χ4v) is 1.76. The van der Waals surface area contributed by atoms with E-state index in [0.29, 0.717) is 25.5 Å². The van der Waals surface area contributed by atoms with Gasteiger partial charge in [-0.1, -0.05) is 0 Å². The van der Waals surface area contributed by atoms with Crippen LogP contribution in [0, 0.1) is 11.3 Å². The van der Waals surface area contributed by atoms with Crippen LogP contribution in [0.2, 0.25) is 0 Å². The third kappa shape index (κ3) is 2.38. The number of aromatic nitrogens is 2. The molecule has 1 aliphatic heterocycles. The first kappa shape index (κ1) is 12.3. The van der Waals surface area contributed by atoms with Crippen molar-refractivity contribution in [2.24, 2.45) is 0 Å². The highest BCUT2D eigenvalue weighted by atomic mass is 16.6. The van der Waals surface area contributed by atoms with Crippen LogP contribution in [0.3, 0.4) is 0 Å². The Morgan fingerprint density at radius 3 is 3.11 bits per heavy atom. The number of esters is 1. The molecule has 2 heterocycles. The highest BCUT2D eigenvalue weighted by Crippen LogP contribution is 2.17. The number of methoxy groups -OCH3 is 1. The molecule has 0 spiro atoms. The van der Waals surface area contributed by atoms with Crippen LogP contribution in [0.4, 0.5) is 5.82 Å². The molecule has 7 heteroatoms. The second-order valence-electron chi connectivity index (χ2n) is 3.67. The monoisotopic (exact) mass is 248 g/mol. The molecule has 0 amide bonds. The van der Waals surface area contributed by atoms with Gasteiger partial charge in [-0.2, -0.15) is 5.26 Å². The van der Waals surface area contributed by atoms with Gasteiger partial charge in [-0.3, -0.25) is 0 Å². The van der Waals surface area contributed by atoms with Gasteiger partial charge in [0.25, 0.3) is 0 Å². The molecule has 1 aromatic rings. The van der Waals surface area contributed by atoms with Crippen LogP contribution in [-0.2, 0) is 14.3 Å². The molecule has 0 N–H and O–H groups in total. The summed E-state index contributed by atoms with van der Waals surface area (Å²) in [6, 6.07) is 1.98. The first-order chi connectivity index (χ1) is 8.76. The summed E-state index contributed by atoms with van der Waals surface area (Å²) in [4.78, 5) is 21.3. The summed E-state index contributed by atoms with van der Waals surface area (Å²) in [7, 11) is 1.31. The molecule has 1 atom stereocenters. The molecule has 7 nitrogen and oxygen atoms in total. The zero-order valence-corrected chi connectivity index (χ0v) is 9.87. The number of hydrogen-bond acceptors (Lipinski definition) is 7. The van der Waals surface area contributed by atoms with Crippen LogP contribution in [0.25, 0.3) is 0 Å². The summed E-state index contributed by atoms with van der Waals surface area (Å²) in [5, 5.41) is 8.97. The van der Waals surface area contributed by atoms with Crippen molar-refractivity contribution in [2.45, 2.75) is 6.10 Å². The molecule has 94 valence electrons. The van der Waals surface area contributed by atoms with E-state index in [1.54, 1.807) is 4.90 Å². The molecular weight excluding hydrogens is 236 g/mol. The average molecular weight is 248 g/mol. The quantitative estimate of drug-likeness (QED) is 0.665. The first-order valence-corrected chi connectivity index (χ1v) is 5.41. The minimum atomic E-state index is -0.655. The molecule has 1 aliphatic rings. The number of nitrogens with zero attached hydrogens (tertiary/aromatic N) is 4. The van der Waals surface area contributed by atoms with E-state index in [-0.39, 0.29) is 5.69 Å². The van der Waals surface area contributed by atoms with Crippen LogP contribution in [0.15, 0.2) is 12.4 Å². The summed E-state index contributed by atoms with van der Waals surface area (Å²) < 4.78 is 9.95. The number of carbonyl (C=O) groups excluding carboxylic acids is 1. The number of ether oxygens (including phenoxy) is 2. The molecule has 1 unspecified atom stereocenters. The number of carbonyl (C=O) groups is 1. The predicted molar refractivity (Wildman–Crippen MR) is 60.7 cm³/mol. The molecule has 18 heavy (non-hydrogen) atoms. The lowest BCUT2D eigenvalue weighted by Crippen LogP contribution is -2.47. The molecule has 0 saturated carbocycles. The Balaban J connectivity index is 2.18. The number of nitriles is 1. The summed E-state index contributed by atoms with van der Waals surface area (Å²) >= 11 is 0. The van der Waals surface area contributed by atoms with Crippen LogP contribution in [-0.4, -0.2) is 48.8 Å². The summed E-state index contributed by atoms with van der Waals surface area (Å²) in [6.45, 7) is 1.24. The van der Waals surface area contributed by atoms with Gasteiger partial charge < -0.3 is 14.4 Å². The van der Waals surface area contributed by atoms with Crippen LogP contribution in [0.1, 0.15) is 5.69 Å². The normalized spacial score (nSPS) is 19.1. The van der Waals surface area contributed by atoms with E-state index in [2.05, 4.69) is 14.7 Å². The Morgan fingerprint density at radius 2 is 2.39 bits per heavy atom. The molecule has 0 aromatic carbocycles. The highest BCUT2D eigenvalue weighted by molar-refractivity contribution is 5.75. The lowest BCUT2D eigenvalue weighted by atomic mass is 10.2. The largest absolute Gasteiger partial charge is 0.467 e. The Kier molecular flexibility index (Phi) is 3.69. The van der Waals surface area contributed by atoms with E-state index in [9.17, 15) is 4.79 Å². The van der Waals surface area contributed by atoms with Crippen LogP contribution < -0.4 is 4.90 Å². The fourth-order valence-electron chi connectivity index (χ4n) is 1.76. The van der Waals surface area contributed by atoms with Crippen molar-refractivity contribution < 1.29 is 14.3 Å². The molecule has 1 aromatic heterocycles. The van der Waals surface area contributed by atoms with Crippen molar-refractivity contribution >= 4 is 11.8 Å². The maximum atomic E-state index is 11.4. The summed E-state index contributed by atoms with van der Waals surface area (Å²) in [5.74, 6) is 0.0410. The third-order valence-electron chi connectivity index (χ3n) is 2.61. The Morgan fingerprint density at radius 1 is 1.61 bits per heavy atom. The van der Waals surface area contributed by atoms with E-state index in [4.69, 9.17) is 10.00 Å². The van der Waals surface area contributed by atoms with E-state index >= 15 is 0 Å². The molecule has 1 saturated heterocycles. The zero-order valence-electron chi connectivity index (χ0n) is 9.87. The van der Waals surface area contributed by atoms with Gasteiger partial charge in [0, 0.05) is 18.9 Å². The van der Waals surface area contributed by atoms with Gasteiger partial charge in [-0.25, -0.2) is 14.8 Å². The number of hydrogen-bond donors (Lipinski definition) is 0. The van der Waals surface area contributed by atoms with Crippen molar-refractivity contribution in [1.29, 1.82) is 5.26 Å². The molecule has 0 bridgehead atoms. The van der Waals surface area contributed by atoms with Gasteiger partial charge in [-0.05, 0) is 0 Å². The lowest BCUT2D eigenvalue weighted by molar-refractivity contribution is -0.154. The third-order valence-corrected chi connectivity index (χ3v) is 2.61. The number of anilines is 1. The second kappa shape index (κ2) is 5.42. The van der Waals surface area contributed by atoms with Gasteiger partial charge in [-0.15, -0.1) is 0 Å². The van der Waals surface area contributed by atoms with Crippen molar-refractivity contribution in [1.82, 2.24) is 9.97 Å². The highest BCUT2D eigenvalue weighted by Gasteiger charge is 2.29. The smallest absolute Gasteiger partial charge is 0.336 e. The molecule has 0 radical (unpaired) electrons. The maximum Gasteiger partial charge on any atom is 0.336 e. The Bertz CT molecular complexity index is 485. The van der Waals surface area contributed by atoms with Gasteiger partial charge >= 0.3 is 5.97 Å². The predicted octanol–water partition coefficient (Wildman–Crippen LogP) is -0.274. The van der Waals surface area contributed by atoms with Crippen LogP contribution >= 0.6 is 0 Å². The van der Waals surface area contributed by atoms with E-state index < -0.39 is 12.1 Å². The summed E-state index contributed by atoms with van der Waals surface area (Å²) in [6.07, 6.45) is 2.32. The minimum absolute atomic E-state index is 0.239. The molecule has 1 fully saturated rings. The second-order valence-corrected chi connectivity index (χ2v) is 3.67. The average Bonchev–Trinajstić information content (AvgIpc) is 2.46. The van der Waals surface area contributed by atoms with Crippen LogP contribution in [0.5, 0.6) is 0 Å². The van der Waals surface area contributed by atoms with Gasteiger partial charge in [0.2, 0.25) is 0 Å². The topological polar surface area (TPSA) is 88.3 Å². The van der Waals surface area contributed by atoms with E-state index in [1.165, 1.54) is 19.5 Å². The van der Waals surface area contributed by atoms with Gasteiger partial charge in [0.1, 0.15) is 6.07 Å².